The lowest BCUT2D eigenvalue weighted by Crippen LogP contribution is -2.52. The van der Waals surface area contributed by atoms with Gasteiger partial charge in [-0.1, -0.05) is 26.0 Å². The van der Waals surface area contributed by atoms with Crippen molar-refractivity contribution in [2.24, 2.45) is 0 Å². The summed E-state index contributed by atoms with van der Waals surface area (Å²) in [5.41, 5.74) is 1.22. The van der Waals surface area contributed by atoms with Crippen LogP contribution in [0, 0.1) is 5.82 Å². The molecule has 0 aromatic heterocycles. The zero-order valence-electron chi connectivity index (χ0n) is 13.5. The number of hydrogen-bond donors (Lipinski definition) is 1. The fourth-order valence-electron chi connectivity index (χ4n) is 3.09. The van der Waals surface area contributed by atoms with Crippen LogP contribution in [0.3, 0.4) is 0 Å². The van der Waals surface area contributed by atoms with Crippen LogP contribution in [0.5, 0.6) is 0 Å². The Balaban J connectivity index is 2.18. The smallest absolute Gasteiger partial charge is 0.123 e. The van der Waals surface area contributed by atoms with Gasteiger partial charge in [0.1, 0.15) is 5.82 Å². The van der Waals surface area contributed by atoms with Crippen molar-refractivity contribution in [3.8, 4) is 0 Å². The van der Waals surface area contributed by atoms with E-state index in [0.717, 1.165) is 39.3 Å². The predicted molar refractivity (Wildman–Crippen MR) is 86.0 cm³/mol. The van der Waals surface area contributed by atoms with Crippen molar-refractivity contribution in [1.29, 1.82) is 0 Å². The molecule has 1 fully saturated rings. The van der Waals surface area contributed by atoms with Gasteiger partial charge in [-0.25, -0.2) is 4.39 Å². The van der Waals surface area contributed by atoms with Crippen LogP contribution < -0.4 is 5.32 Å². The Morgan fingerprint density at radius 1 is 1.29 bits per heavy atom. The first-order valence-corrected chi connectivity index (χ1v) is 8.09. The van der Waals surface area contributed by atoms with Crippen molar-refractivity contribution in [3.05, 3.63) is 35.6 Å². The molecule has 1 aromatic rings. The largest absolute Gasteiger partial charge is 0.312 e. The molecule has 4 heteroatoms. The highest BCUT2D eigenvalue weighted by molar-refractivity contribution is 5.21. The van der Waals surface area contributed by atoms with Gasteiger partial charge in [0.05, 0.1) is 0 Å². The highest BCUT2D eigenvalue weighted by atomic mass is 19.1. The third-order valence-electron chi connectivity index (χ3n) is 4.42. The lowest BCUT2D eigenvalue weighted by Gasteiger charge is -2.40. The van der Waals surface area contributed by atoms with Gasteiger partial charge < -0.3 is 10.2 Å². The molecule has 0 radical (unpaired) electrons. The maximum Gasteiger partial charge on any atom is 0.123 e. The van der Waals surface area contributed by atoms with E-state index in [2.05, 4.69) is 35.9 Å². The SMILES string of the molecule is CCN(CC)CC(c1ccc(F)cc1)N1CCNC(C)C1. The molecular formula is C17H28FN3. The Labute approximate surface area is 128 Å². The predicted octanol–water partition coefficient (Wildman–Crippen LogP) is 2.50. The summed E-state index contributed by atoms with van der Waals surface area (Å²) in [7, 11) is 0. The number of hydrogen-bond acceptors (Lipinski definition) is 3. The minimum Gasteiger partial charge on any atom is -0.312 e. The van der Waals surface area contributed by atoms with E-state index in [9.17, 15) is 4.39 Å². The van der Waals surface area contributed by atoms with E-state index in [-0.39, 0.29) is 5.82 Å². The Kier molecular flexibility index (Phi) is 6.15. The lowest BCUT2D eigenvalue weighted by atomic mass is 10.0. The van der Waals surface area contributed by atoms with E-state index >= 15 is 0 Å². The number of halogens is 1. The van der Waals surface area contributed by atoms with Gasteiger partial charge >= 0.3 is 0 Å². The summed E-state index contributed by atoms with van der Waals surface area (Å²) in [6.07, 6.45) is 0. The molecule has 1 N–H and O–H groups in total. The van der Waals surface area contributed by atoms with Crippen LogP contribution in [0.2, 0.25) is 0 Å². The molecule has 2 atom stereocenters. The van der Waals surface area contributed by atoms with E-state index in [1.54, 1.807) is 12.1 Å². The van der Waals surface area contributed by atoms with E-state index < -0.39 is 0 Å². The summed E-state index contributed by atoms with van der Waals surface area (Å²) in [5.74, 6) is -0.158. The number of piperazine rings is 1. The Bertz CT molecular complexity index is 417. The molecule has 118 valence electrons. The Hall–Kier alpha value is -0.970. The second-order valence-corrected chi connectivity index (χ2v) is 5.90. The van der Waals surface area contributed by atoms with Crippen LogP contribution in [0.25, 0.3) is 0 Å². The highest BCUT2D eigenvalue weighted by Crippen LogP contribution is 2.23. The fraction of sp³-hybridized carbons (Fsp3) is 0.647. The minimum absolute atomic E-state index is 0.158. The molecule has 2 rings (SSSR count). The van der Waals surface area contributed by atoms with Gasteiger partial charge in [-0.3, -0.25) is 4.90 Å². The molecule has 1 aliphatic heterocycles. The number of rotatable bonds is 6. The van der Waals surface area contributed by atoms with Crippen molar-refractivity contribution >= 4 is 0 Å². The molecule has 21 heavy (non-hydrogen) atoms. The maximum atomic E-state index is 13.2. The second-order valence-electron chi connectivity index (χ2n) is 5.90. The van der Waals surface area contributed by atoms with Crippen LogP contribution in [0.15, 0.2) is 24.3 Å². The number of nitrogens with zero attached hydrogens (tertiary/aromatic N) is 2. The zero-order valence-corrected chi connectivity index (χ0v) is 13.5. The Morgan fingerprint density at radius 3 is 2.52 bits per heavy atom. The monoisotopic (exact) mass is 293 g/mol. The van der Waals surface area contributed by atoms with Gasteiger partial charge in [0.15, 0.2) is 0 Å². The number of nitrogens with one attached hydrogen (secondary N) is 1. The fourth-order valence-corrected chi connectivity index (χ4v) is 3.09. The molecule has 0 aliphatic carbocycles. The van der Waals surface area contributed by atoms with Gasteiger partial charge in [0.2, 0.25) is 0 Å². The summed E-state index contributed by atoms with van der Waals surface area (Å²) in [6.45, 7) is 12.9. The number of benzene rings is 1. The highest BCUT2D eigenvalue weighted by Gasteiger charge is 2.26. The van der Waals surface area contributed by atoms with E-state index in [1.165, 1.54) is 5.56 Å². The summed E-state index contributed by atoms with van der Waals surface area (Å²) < 4.78 is 13.2. The minimum atomic E-state index is -0.158. The third kappa shape index (κ3) is 4.50. The molecule has 0 saturated carbocycles. The lowest BCUT2D eigenvalue weighted by molar-refractivity contribution is 0.113. The topological polar surface area (TPSA) is 18.5 Å². The van der Waals surface area contributed by atoms with Gasteiger partial charge in [-0.2, -0.15) is 0 Å². The van der Waals surface area contributed by atoms with E-state index in [1.807, 2.05) is 12.1 Å². The van der Waals surface area contributed by atoms with Gasteiger partial charge in [0, 0.05) is 38.3 Å². The summed E-state index contributed by atoms with van der Waals surface area (Å²) in [5, 5.41) is 3.49. The molecule has 1 aliphatic rings. The van der Waals surface area contributed by atoms with Crippen molar-refractivity contribution in [3.63, 3.8) is 0 Å². The summed E-state index contributed by atoms with van der Waals surface area (Å²) in [6, 6.07) is 7.90. The zero-order chi connectivity index (χ0) is 15.2. The molecule has 1 heterocycles. The van der Waals surface area contributed by atoms with Crippen molar-refractivity contribution < 1.29 is 4.39 Å². The van der Waals surface area contributed by atoms with Gasteiger partial charge in [0.25, 0.3) is 0 Å². The summed E-state index contributed by atoms with van der Waals surface area (Å²) >= 11 is 0. The molecule has 2 unspecified atom stereocenters. The quantitative estimate of drug-likeness (QED) is 0.869. The first kappa shape index (κ1) is 16.4. The normalized spacial score (nSPS) is 21.7. The van der Waals surface area contributed by atoms with Gasteiger partial charge in [-0.05, 0) is 37.7 Å². The Morgan fingerprint density at radius 2 is 1.95 bits per heavy atom. The standard InChI is InChI=1S/C17H28FN3/c1-4-20(5-2)13-17(15-6-8-16(18)9-7-15)21-11-10-19-14(3)12-21/h6-9,14,17,19H,4-5,10-13H2,1-3H3. The molecule has 0 bridgehead atoms. The average Bonchev–Trinajstić information content (AvgIpc) is 2.50. The summed E-state index contributed by atoms with van der Waals surface area (Å²) in [4.78, 5) is 4.98. The van der Waals surface area contributed by atoms with E-state index in [0.29, 0.717) is 12.1 Å². The van der Waals surface area contributed by atoms with Crippen LogP contribution in [-0.4, -0.2) is 55.1 Å². The van der Waals surface area contributed by atoms with Crippen molar-refractivity contribution in [2.45, 2.75) is 32.9 Å². The average molecular weight is 293 g/mol. The molecular weight excluding hydrogens is 265 g/mol. The molecule has 1 aromatic carbocycles. The van der Waals surface area contributed by atoms with Crippen molar-refractivity contribution in [1.82, 2.24) is 15.1 Å². The van der Waals surface area contributed by atoms with Crippen molar-refractivity contribution in [2.75, 3.05) is 39.3 Å². The van der Waals surface area contributed by atoms with Crippen LogP contribution in [0.1, 0.15) is 32.4 Å². The molecule has 3 nitrogen and oxygen atoms in total. The number of likely N-dealkylation sites (N-methyl/N-ethyl adjacent to an activating group) is 1. The molecule has 0 spiro atoms. The van der Waals surface area contributed by atoms with Crippen LogP contribution in [-0.2, 0) is 0 Å². The van der Waals surface area contributed by atoms with Gasteiger partial charge in [-0.15, -0.1) is 0 Å². The maximum absolute atomic E-state index is 13.2. The first-order valence-electron chi connectivity index (χ1n) is 8.09. The third-order valence-corrected chi connectivity index (χ3v) is 4.42. The van der Waals surface area contributed by atoms with Crippen LogP contribution >= 0.6 is 0 Å². The molecule has 1 saturated heterocycles. The second kappa shape index (κ2) is 7.87. The first-order chi connectivity index (χ1) is 10.1. The van der Waals surface area contributed by atoms with E-state index in [4.69, 9.17) is 0 Å². The molecule has 0 amide bonds. The van der Waals surface area contributed by atoms with Crippen LogP contribution in [0.4, 0.5) is 4.39 Å².